The summed E-state index contributed by atoms with van der Waals surface area (Å²) in [6.07, 6.45) is 2.71. The molecule has 22 heavy (non-hydrogen) atoms. The number of hydrogen-bond donors (Lipinski definition) is 0. The van der Waals surface area contributed by atoms with Crippen LogP contribution in [-0.2, 0) is 13.0 Å². The number of aryl methyl sites for hydroxylation is 1. The number of amides is 1. The van der Waals surface area contributed by atoms with Crippen LogP contribution < -0.4 is 0 Å². The molecule has 6 heteroatoms. The molecular formula is C16H24N4OS. The Morgan fingerprint density at radius 1 is 1.41 bits per heavy atom. The summed E-state index contributed by atoms with van der Waals surface area (Å²) in [7, 11) is 1.84. The lowest BCUT2D eigenvalue weighted by atomic mass is 10.1. The first kappa shape index (κ1) is 16.7. The fourth-order valence-electron chi connectivity index (χ4n) is 2.38. The summed E-state index contributed by atoms with van der Waals surface area (Å²) < 4.78 is 1.80. The minimum atomic E-state index is 0.00487. The predicted octanol–water partition coefficient (Wildman–Crippen LogP) is 3.39. The molecule has 120 valence electrons. The van der Waals surface area contributed by atoms with Gasteiger partial charge in [0.05, 0.1) is 17.2 Å². The van der Waals surface area contributed by atoms with E-state index in [1.54, 1.807) is 26.4 Å². The molecular weight excluding hydrogens is 296 g/mol. The molecule has 0 N–H and O–H groups in total. The quantitative estimate of drug-likeness (QED) is 0.820. The molecule has 0 fully saturated rings. The lowest BCUT2D eigenvalue weighted by Gasteiger charge is -2.23. The van der Waals surface area contributed by atoms with E-state index < -0.39 is 0 Å². The van der Waals surface area contributed by atoms with Crippen LogP contribution in [0.4, 0.5) is 0 Å². The van der Waals surface area contributed by atoms with Crippen molar-refractivity contribution in [2.75, 3.05) is 7.05 Å². The minimum absolute atomic E-state index is 0.00487. The van der Waals surface area contributed by atoms with Gasteiger partial charge in [0, 0.05) is 24.7 Å². The normalized spacial score (nSPS) is 12.6. The first-order valence-electron chi connectivity index (χ1n) is 7.66. The number of aromatic nitrogens is 3. The van der Waals surface area contributed by atoms with E-state index in [1.165, 1.54) is 0 Å². The zero-order chi connectivity index (χ0) is 16.3. The van der Waals surface area contributed by atoms with E-state index in [1.807, 2.05) is 33.2 Å². The molecule has 0 spiro atoms. The van der Waals surface area contributed by atoms with Gasteiger partial charge in [-0.15, -0.1) is 11.3 Å². The maximum atomic E-state index is 12.8. The molecule has 0 saturated carbocycles. The van der Waals surface area contributed by atoms with Gasteiger partial charge in [0.1, 0.15) is 5.69 Å². The van der Waals surface area contributed by atoms with Crippen LogP contribution in [0.5, 0.6) is 0 Å². The highest BCUT2D eigenvalue weighted by Gasteiger charge is 2.23. The maximum absolute atomic E-state index is 12.8. The van der Waals surface area contributed by atoms with Crippen LogP contribution in [-0.4, -0.2) is 32.6 Å². The first-order valence-corrected chi connectivity index (χ1v) is 8.54. The Balaban J connectivity index is 2.22. The number of rotatable bonds is 6. The number of carbonyl (C=O) groups is 1. The monoisotopic (exact) mass is 320 g/mol. The van der Waals surface area contributed by atoms with E-state index in [-0.39, 0.29) is 11.9 Å². The van der Waals surface area contributed by atoms with E-state index >= 15 is 0 Å². The van der Waals surface area contributed by atoms with Crippen molar-refractivity contribution in [3.63, 3.8) is 0 Å². The fraction of sp³-hybridized carbons (Fsp3) is 0.562. The number of carbonyl (C=O) groups excluding carboxylic acids is 1. The average molecular weight is 320 g/mol. The molecule has 1 amide bonds. The minimum Gasteiger partial charge on any atom is -0.333 e. The van der Waals surface area contributed by atoms with Gasteiger partial charge >= 0.3 is 0 Å². The molecule has 5 nitrogen and oxygen atoms in total. The van der Waals surface area contributed by atoms with Crippen LogP contribution in [0.15, 0.2) is 17.8 Å². The Morgan fingerprint density at radius 3 is 2.68 bits per heavy atom. The molecule has 0 aliphatic rings. The summed E-state index contributed by atoms with van der Waals surface area (Å²) >= 11 is 1.57. The molecule has 0 aromatic carbocycles. The van der Waals surface area contributed by atoms with Gasteiger partial charge < -0.3 is 4.90 Å². The third-order valence-electron chi connectivity index (χ3n) is 3.73. The van der Waals surface area contributed by atoms with Gasteiger partial charge in [-0.3, -0.25) is 14.5 Å². The van der Waals surface area contributed by atoms with Gasteiger partial charge in [0.2, 0.25) is 0 Å². The second-order valence-electron chi connectivity index (χ2n) is 5.93. The van der Waals surface area contributed by atoms with Gasteiger partial charge in [-0.1, -0.05) is 13.8 Å². The van der Waals surface area contributed by atoms with Crippen molar-refractivity contribution in [3.8, 4) is 0 Å². The SMILES string of the molecule is CCn1nc(CC(C)C)cc1C(=O)N(C)[C@H](C)c1cncs1. The second-order valence-corrected chi connectivity index (χ2v) is 6.85. The highest BCUT2D eigenvalue weighted by molar-refractivity contribution is 7.09. The Hall–Kier alpha value is -1.69. The topological polar surface area (TPSA) is 51.0 Å². The standard InChI is InChI=1S/C16H24N4OS/c1-6-20-14(8-13(18-20)7-11(2)3)16(21)19(5)12(4)15-9-17-10-22-15/h8-12H,6-7H2,1-5H3/t12-/m1/s1. The Kier molecular flexibility index (Phi) is 5.34. The van der Waals surface area contributed by atoms with Crippen LogP contribution in [0.1, 0.15) is 54.8 Å². The van der Waals surface area contributed by atoms with Gasteiger partial charge in [-0.05, 0) is 32.3 Å². The summed E-state index contributed by atoms with van der Waals surface area (Å²) in [4.78, 5) is 19.7. The van der Waals surface area contributed by atoms with Crippen LogP contribution in [0.25, 0.3) is 0 Å². The third kappa shape index (κ3) is 3.55. The van der Waals surface area contributed by atoms with Crippen molar-refractivity contribution in [2.45, 2.75) is 46.7 Å². The molecule has 0 unspecified atom stereocenters. The van der Waals surface area contributed by atoms with Crippen LogP contribution in [0.2, 0.25) is 0 Å². The maximum Gasteiger partial charge on any atom is 0.272 e. The average Bonchev–Trinajstić information content (AvgIpc) is 3.13. The highest BCUT2D eigenvalue weighted by Crippen LogP contribution is 2.24. The first-order chi connectivity index (χ1) is 10.4. The van der Waals surface area contributed by atoms with Crippen molar-refractivity contribution >= 4 is 17.2 Å². The summed E-state index contributed by atoms with van der Waals surface area (Å²) in [5, 5.41) is 4.55. The number of thiazole rings is 1. The molecule has 2 aromatic heterocycles. The molecule has 0 saturated heterocycles. The summed E-state index contributed by atoms with van der Waals surface area (Å²) in [5.41, 5.74) is 3.44. The summed E-state index contributed by atoms with van der Waals surface area (Å²) in [6, 6.07) is 1.94. The van der Waals surface area contributed by atoms with Crippen LogP contribution >= 0.6 is 11.3 Å². The molecule has 2 aromatic rings. The van der Waals surface area contributed by atoms with E-state index in [0.29, 0.717) is 18.2 Å². The zero-order valence-electron chi connectivity index (χ0n) is 13.9. The lowest BCUT2D eigenvalue weighted by molar-refractivity contribution is 0.0732. The fourth-order valence-corrected chi connectivity index (χ4v) is 3.10. The van der Waals surface area contributed by atoms with E-state index in [9.17, 15) is 4.79 Å². The van der Waals surface area contributed by atoms with Crippen molar-refractivity contribution in [1.29, 1.82) is 0 Å². The second kappa shape index (κ2) is 7.05. The largest absolute Gasteiger partial charge is 0.333 e. The molecule has 2 rings (SSSR count). The van der Waals surface area contributed by atoms with Gasteiger partial charge in [-0.25, -0.2) is 0 Å². The molecule has 0 radical (unpaired) electrons. The van der Waals surface area contributed by atoms with Crippen molar-refractivity contribution in [2.24, 2.45) is 5.92 Å². The molecule has 0 bridgehead atoms. The van der Waals surface area contributed by atoms with Crippen LogP contribution in [0.3, 0.4) is 0 Å². The van der Waals surface area contributed by atoms with E-state index in [4.69, 9.17) is 0 Å². The van der Waals surface area contributed by atoms with Crippen molar-refractivity contribution in [3.05, 3.63) is 34.0 Å². The molecule has 0 aliphatic carbocycles. The van der Waals surface area contributed by atoms with Gasteiger partial charge in [0.15, 0.2) is 0 Å². The molecule has 2 heterocycles. The zero-order valence-corrected chi connectivity index (χ0v) is 14.7. The Bertz CT molecular complexity index is 618. The number of hydrogen-bond acceptors (Lipinski definition) is 4. The third-order valence-corrected chi connectivity index (χ3v) is 4.68. The van der Waals surface area contributed by atoms with E-state index in [0.717, 1.165) is 17.0 Å². The van der Waals surface area contributed by atoms with Crippen molar-refractivity contribution in [1.82, 2.24) is 19.7 Å². The summed E-state index contributed by atoms with van der Waals surface area (Å²) in [6.45, 7) is 9.04. The van der Waals surface area contributed by atoms with Crippen molar-refractivity contribution < 1.29 is 4.79 Å². The lowest BCUT2D eigenvalue weighted by Crippen LogP contribution is -2.31. The smallest absolute Gasteiger partial charge is 0.272 e. The predicted molar refractivity (Wildman–Crippen MR) is 89.1 cm³/mol. The highest BCUT2D eigenvalue weighted by atomic mass is 32.1. The van der Waals surface area contributed by atoms with Gasteiger partial charge in [-0.2, -0.15) is 5.10 Å². The van der Waals surface area contributed by atoms with Crippen LogP contribution in [0, 0.1) is 5.92 Å². The molecule has 0 aliphatic heterocycles. The Morgan fingerprint density at radius 2 is 2.14 bits per heavy atom. The number of nitrogens with zero attached hydrogens (tertiary/aromatic N) is 4. The summed E-state index contributed by atoms with van der Waals surface area (Å²) in [5.74, 6) is 0.530. The Labute approximate surface area is 136 Å². The molecule has 1 atom stereocenters. The van der Waals surface area contributed by atoms with E-state index in [2.05, 4.69) is 23.9 Å². The van der Waals surface area contributed by atoms with Gasteiger partial charge in [0.25, 0.3) is 5.91 Å².